The average Bonchev–Trinajstić information content (AvgIpc) is 2.59. The molecule has 3 rings (SSSR count). The van der Waals surface area contributed by atoms with E-state index in [-0.39, 0.29) is 18.5 Å². The normalized spacial score (nSPS) is 12.1. The van der Waals surface area contributed by atoms with Crippen LogP contribution in [0.1, 0.15) is 17.2 Å². The summed E-state index contributed by atoms with van der Waals surface area (Å²) in [6.07, 6.45) is -0.0396. The molecular weight excluding hydrogens is 318 g/mol. The van der Waals surface area contributed by atoms with Crippen molar-refractivity contribution in [2.75, 3.05) is 27.2 Å². The lowest BCUT2D eigenvalue weighted by atomic mass is 9.96. The molecule has 0 amide bonds. The van der Waals surface area contributed by atoms with Gasteiger partial charge in [0.05, 0.1) is 6.61 Å². The van der Waals surface area contributed by atoms with E-state index in [9.17, 15) is 0 Å². The molecule has 0 aliphatic carbocycles. The van der Waals surface area contributed by atoms with Crippen molar-refractivity contribution in [3.63, 3.8) is 0 Å². The Morgan fingerprint density at radius 1 is 0.833 bits per heavy atom. The molecule has 0 saturated carbocycles. The Balaban J connectivity index is 0.00000208. The molecule has 24 heavy (non-hydrogen) atoms. The van der Waals surface area contributed by atoms with Crippen LogP contribution < -0.4 is 0 Å². The largest absolute Gasteiger partial charge is 0.367 e. The van der Waals surface area contributed by atoms with Crippen LogP contribution in [0.25, 0.3) is 10.8 Å². The third kappa shape index (κ3) is 4.35. The third-order valence-electron chi connectivity index (χ3n) is 4.03. The van der Waals surface area contributed by atoms with E-state index >= 15 is 0 Å². The van der Waals surface area contributed by atoms with E-state index < -0.39 is 0 Å². The van der Waals surface area contributed by atoms with Crippen LogP contribution in [-0.4, -0.2) is 32.1 Å². The van der Waals surface area contributed by atoms with E-state index in [0.717, 1.165) is 6.54 Å². The maximum atomic E-state index is 6.29. The first-order valence-corrected chi connectivity index (χ1v) is 8.04. The maximum absolute atomic E-state index is 6.29. The first-order chi connectivity index (χ1) is 11.3. The Morgan fingerprint density at radius 2 is 1.50 bits per heavy atom. The topological polar surface area (TPSA) is 12.5 Å². The second kappa shape index (κ2) is 8.84. The van der Waals surface area contributed by atoms with E-state index in [4.69, 9.17) is 4.74 Å². The predicted molar refractivity (Wildman–Crippen MR) is 104 cm³/mol. The van der Waals surface area contributed by atoms with Gasteiger partial charge in [-0.25, -0.2) is 0 Å². The molecule has 126 valence electrons. The van der Waals surface area contributed by atoms with Crippen LogP contribution in [0.2, 0.25) is 0 Å². The number of likely N-dealkylation sites (N-methyl/N-ethyl adjacent to an activating group) is 1. The summed E-state index contributed by atoms with van der Waals surface area (Å²) >= 11 is 0. The van der Waals surface area contributed by atoms with Crippen LogP contribution in [0.4, 0.5) is 0 Å². The molecule has 1 atom stereocenters. The minimum atomic E-state index is -0.0396. The molecule has 0 fully saturated rings. The number of nitrogens with zero attached hydrogens (tertiary/aromatic N) is 1. The summed E-state index contributed by atoms with van der Waals surface area (Å²) in [5.41, 5.74) is 2.43. The molecule has 0 heterocycles. The van der Waals surface area contributed by atoms with E-state index in [1.54, 1.807) is 0 Å². The molecular formula is C21H24ClNO. The summed E-state index contributed by atoms with van der Waals surface area (Å²) in [4.78, 5) is 2.14. The quantitative estimate of drug-likeness (QED) is 0.630. The highest BCUT2D eigenvalue weighted by Gasteiger charge is 2.17. The van der Waals surface area contributed by atoms with Gasteiger partial charge in [-0.15, -0.1) is 12.4 Å². The highest BCUT2D eigenvalue weighted by Crippen LogP contribution is 2.31. The second-order valence-electron chi connectivity index (χ2n) is 6.03. The first kappa shape index (κ1) is 18.5. The molecule has 0 spiro atoms. The Morgan fingerprint density at radius 3 is 2.25 bits per heavy atom. The molecule has 0 bridgehead atoms. The van der Waals surface area contributed by atoms with Gasteiger partial charge in [0.1, 0.15) is 6.10 Å². The molecule has 0 aliphatic rings. The van der Waals surface area contributed by atoms with E-state index in [0.29, 0.717) is 6.61 Å². The van der Waals surface area contributed by atoms with Crippen molar-refractivity contribution in [3.8, 4) is 0 Å². The number of hydrogen-bond donors (Lipinski definition) is 0. The van der Waals surface area contributed by atoms with Gasteiger partial charge in [0.2, 0.25) is 0 Å². The minimum Gasteiger partial charge on any atom is -0.367 e. The number of halogens is 1. The molecule has 0 aromatic heterocycles. The fraction of sp³-hybridized carbons (Fsp3) is 0.238. The summed E-state index contributed by atoms with van der Waals surface area (Å²) in [7, 11) is 4.14. The van der Waals surface area contributed by atoms with Gasteiger partial charge >= 0.3 is 0 Å². The zero-order chi connectivity index (χ0) is 16.1. The lowest BCUT2D eigenvalue weighted by Crippen LogP contribution is -2.20. The molecule has 0 N–H and O–H groups in total. The lowest BCUT2D eigenvalue weighted by molar-refractivity contribution is 0.0695. The molecule has 2 nitrogen and oxygen atoms in total. The van der Waals surface area contributed by atoms with Gasteiger partial charge in [0.15, 0.2) is 0 Å². The molecule has 3 aromatic carbocycles. The smallest absolute Gasteiger partial charge is 0.108 e. The second-order valence-corrected chi connectivity index (χ2v) is 6.03. The number of hydrogen-bond acceptors (Lipinski definition) is 2. The van der Waals surface area contributed by atoms with Gasteiger partial charge in [0, 0.05) is 6.54 Å². The van der Waals surface area contributed by atoms with Gasteiger partial charge in [-0.3, -0.25) is 0 Å². The summed E-state index contributed by atoms with van der Waals surface area (Å²) in [5.74, 6) is 0. The standard InChI is InChI=1S/C21H23NO.ClH/c1-22(2)15-16-23-21(18-10-4-3-5-11-18)20-14-8-12-17-9-6-7-13-19(17)20;/h3-14,21H,15-16H2,1-2H3;1H. The van der Waals surface area contributed by atoms with Gasteiger partial charge in [-0.1, -0.05) is 72.8 Å². The zero-order valence-electron chi connectivity index (χ0n) is 14.2. The molecule has 3 aromatic rings. The summed E-state index contributed by atoms with van der Waals surface area (Å²) in [6.45, 7) is 1.61. The SMILES string of the molecule is CN(C)CCOC(c1ccccc1)c1cccc2ccccc12.Cl. The van der Waals surface area contributed by atoms with Crippen LogP contribution in [0.3, 0.4) is 0 Å². The fourth-order valence-electron chi connectivity index (χ4n) is 2.83. The molecule has 0 radical (unpaired) electrons. The summed E-state index contributed by atoms with van der Waals surface area (Å²) < 4.78 is 6.29. The van der Waals surface area contributed by atoms with Crippen molar-refractivity contribution in [2.24, 2.45) is 0 Å². The Hall–Kier alpha value is -1.87. The van der Waals surface area contributed by atoms with Crippen molar-refractivity contribution in [1.82, 2.24) is 4.90 Å². The maximum Gasteiger partial charge on any atom is 0.108 e. The zero-order valence-corrected chi connectivity index (χ0v) is 15.0. The number of fused-ring (bicyclic) bond motifs is 1. The number of ether oxygens (including phenoxy) is 1. The van der Waals surface area contributed by atoms with Crippen molar-refractivity contribution in [3.05, 3.63) is 83.9 Å². The molecule has 0 saturated heterocycles. The van der Waals surface area contributed by atoms with E-state index in [1.165, 1.54) is 21.9 Å². The Kier molecular flexibility index (Phi) is 6.80. The van der Waals surface area contributed by atoms with Crippen LogP contribution in [-0.2, 0) is 4.74 Å². The molecule has 3 heteroatoms. The van der Waals surface area contributed by atoms with Crippen molar-refractivity contribution in [1.29, 1.82) is 0 Å². The fourth-order valence-corrected chi connectivity index (χ4v) is 2.83. The molecule has 1 unspecified atom stereocenters. The van der Waals surface area contributed by atoms with Gasteiger partial charge in [-0.2, -0.15) is 0 Å². The molecule has 0 aliphatic heterocycles. The van der Waals surface area contributed by atoms with Gasteiger partial charge < -0.3 is 9.64 Å². The lowest BCUT2D eigenvalue weighted by Gasteiger charge is -2.22. The van der Waals surface area contributed by atoms with Crippen LogP contribution >= 0.6 is 12.4 Å². The predicted octanol–water partition coefficient (Wildman–Crippen LogP) is 4.93. The third-order valence-corrected chi connectivity index (χ3v) is 4.03. The number of benzene rings is 3. The minimum absolute atomic E-state index is 0. The van der Waals surface area contributed by atoms with E-state index in [2.05, 4.69) is 85.7 Å². The highest BCUT2D eigenvalue weighted by atomic mass is 35.5. The van der Waals surface area contributed by atoms with Gasteiger partial charge in [-0.05, 0) is 36.0 Å². The number of rotatable bonds is 6. The highest BCUT2D eigenvalue weighted by molar-refractivity contribution is 5.86. The van der Waals surface area contributed by atoms with Gasteiger partial charge in [0.25, 0.3) is 0 Å². The Labute approximate surface area is 150 Å². The monoisotopic (exact) mass is 341 g/mol. The van der Waals surface area contributed by atoms with Crippen molar-refractivity contribution < 1.29 is 4.74 Å². The van der Waals surface area contributed by atoms with Crippen LogP contribution in [0, 0.1) is 0 Å². The Bertz CT molecular complexity index is 753. The van der Waals surface area contributed by atoms with Crippen LogP contribution in [0.15, 0.2) is 72.8 Å². The van der Waals surface area contributed by atoms with E-state index in [1.807, 2.05) is 6.07 Å². The first-order valence-electron chi connectivity index (χ1n) is 8.04. The van der Waals surface area contributed by atoms with Crippen molar-refractivity contribution in [2.45, 2.75) is 6.10 Å². The summed E-state index contributed by atoms with van der Waals surface area (Å²) in [6, 6.07) is 25.4. The van der Waals surface area contributed by atoms with Crippen molar-refractivity contribution >= 4 is 23.2 Å². The van der Waals surface area contributed by atoms with Crippen LogP contribution in [0.5, 0.6) is 0 Å². The average molecular weight is 342 g/mol. The summed E-state index contributed by atoms with van der Waals surface area (Å²) in [5, 5.41) is 2.51.